The van der Waals surface area contributed by atoms with E-state index in [1.165, 1.54) is 11.3 Å². The minimum atomic E-state index is -0.00245. The molecule has 0 aliphatic carbocycles. The van der Waals surface area contributed by atoms with Gasteiger partial charge in [-0.15, -0.1) is 0 Å². The lowest BCUT2D eigenvalue weighted by atomic mass is 10.3. The summed E-state index contributed by atoms with van der Waals surface area (Å²) in [6, 6.07) is 1.82. The van der Waals surface area contributed by atoms with Crippen LogP contribution in [0.3, 0.4) is 0 Å². The molecule has 4 heteroatoms. The quantitative estimate of drug-likeness (QED) is 0.730. The summed E-state index contributed by atoms with van der Waals surface area (Å²) in [5, 5.41) is 6.54. The molecule has 13 heavy (non-hydrogen) atoms. The first-order valence-electron chi connectivity index (χ1n) is 4.14. The van der Waals surface area contributed by atoms with Crippen LogP contribution in [0.15, 0.2) is 16.8 Å². The highest BCUT2D eigenvalue weighted by Gasteiger charge is 2.03. The van der Waals surface area contributed by atoms with Crippen LogP contribution in [-0.2, 0) is 4.74 Å². The van der Waals surface area contributed by atoms with Crippen LogP contribution in [0.5, 0.6) is 0 Å². The van der Waals surface area contributed by atoms with Crippen molar-refractivity contribution < 1.29 is 9.53 Å². The summed E-state index contributed by atoms with van der Waals surface area (Å²) in [5.74, 6) is -0.00245. The van der Waals surface area contributed by atoms with Crippen molar-refractivity contribution >= 4 is 17.2 Å². The van der Waals surface area contributed by atoms with Crippen molar-refractivity contribution in [1.29, 1.82) is 0 Å². The number of rotatable bonds is 5. The standard InChI is InChI=1S/C9H13NO2S/c1-12-5-2-4-10-9(11)8-3-6-13-7-8/h3,6-7H,2,4-5H2,1H3,(H,10,11). The van der Waals surface area contributed by atoms with Gasteiger partial charge in [0.1, 0.15) is 0 Å². The summed E-state index contributed by atoms with van der Waals surface area (Å²) < 4.78 is 4.87. The summed E-state index contributed by atoms with van der Waals surface area (Å²) in [4.78, 5) is 11.3. The Morgan fingerprint density at radius 2 is 2.54 bits per heavy atom. The van der Waals surface area contributed by atoms with Crippen molar-refractivity contribution in [1.82, 2.24) is 5.32 Å². The molecule has 0 spiro atoms. The van der Waals surface area contributed by atoms with Crippen LogP contribution >= 0.6 is 11.3 Å². The van der Waals surface area contributed by atoms with Crippen LogP contribution < -0.4 is 5.32 Å². The normalized spacial score (nSPS) is 9.92. The van der Waals surface area contributed by atoms with Gasteiger partial charge >= 0.3 is 0 Å². The van der Waals surface area contributed by atoms with Crippen molar-refractivity contribution in [3.63, 3.8) is 0 Å². The molecule has 0 unspecified atom stereocenters. The van der Waals surface area contributed by atoms with E-state index in [4.69, 9.17) is 4.74 Å². The fraction of sp³-hybridized carbons (Fsp3) is 0.444. The first-order valence-corrected chi connectivity index (χ1v) is 5.08. The minimum Gasteiger partial charge on any atom is -0.385 e. The predicted molar refractivity (Wildman–Crippen MR) is 53.1 cm³/mol. The lowest BCUT2D eigenvalue weighted by molar-refractivity contribution is 0.0949. The fourth-order valence-corrected chi connectivity index (χ4v) is 1.55. The van der Waals surface area contributed by atoms with Crippen molar-refractivity contribution in [2.24, 2.45) is 0 Å². The number of nitrogens with one attached hydrogen (secondary N) is 1. The smallest absolute Gasteiger partial charge is 0.252 e. The molecule has 0 aliphatic heterocycles. The van der Waals surface area contributed by atoms with E-state index in [0.717, 1.165) is 12.0 Å². The number of hydrogen-bond acceptors (Lipinski definition) is 3. The first kappa shape index (κ1) is 10.2. The van der Waals surface area contributed by atoms with Crippen molar-refractivity contribution in [3.8, 4) is 0 Å². The molecule has 0 saturated carbocycles. The molecule has 1 rings (SSSR count). The molecule has 0 fully saturated rings. The molecule has 1 amide bonds. The van der Waals surface area contributed by atoms with Gasteiger partial charge in [0.2, 0.25) is 0 Å². The van der Waals surface area contributed by atoms with Gasteiger partial charge in [-0.3, -0.25) is 4.79 Å². The van der Waals surface area contributed by atoms with Crippen LogP contribution in [0.25, 0.3) is 0 Å². The van der Waals surface area contributed by atoms with Gasteiger partial charge in [-0.2, -0.15) is 11.3 Å². The Morgan fingerprint density at radius 3 is 3.15 bits per heavy atom. The molecule has 0 radical (unpaired) electrons. The van der Waals surface area contributed by atoms with Crippen LogP contribution in [0.2, 0.25) is 0 Å². The van der Waals surface area contributed by atoms with Gasteiger partial charge in [-0.1, -0.05) is 0 Å². The average molecular weight is 199 g/mol. The second kappa shape index (κ2) is 5.72. The summed E-state index contributed by atoms with van der Waals surface area (Å²) in [5.41, 5.74) is 0.738. The molecule has 0 bridgehead atoms. The van der Waals surface area contributed by atoms with E-state index in [1.54, 1.807) is 7.11 Å². The molecule has 1 N–H and O–H groups in total. The monoisotopic (exact) mass is 199 g/mol. The Hall–Kier alpha value is -0.870. The molecule has 1 aromatic rings. The number of amides is 1. The number of ether oxygens (including phenoxy) is 1. The highest BCUT2D eigenvalue weighted by atomic mass is 32.1. The SMILES string of the molecule is COCCCNC(=O)c1ccsc1. The van der Waals surface area contributed by atoms with E-state index in [0.29, 0.717) is 13.2 Å². The number of thiophene rings is 1. The van der Waals surface area contributed by atoms with E-state index < -0.39 is 0 Å². The Labute approximate surface area is 81.7 Å². The Morgan fingerprint density at radius 1 is 1.69 bits per heavy atom. The third-order valence-electron chi connectivity index (χ3n) is 1.59. The molecular weight excluding hydrogens is 186 g/mol. The third-order valence-corrected chi connectivity index (χ3v) is 2.28. The van der Waals surface area contributed by atoms with Crippen LogP contribution in [0.1, 0.15) is 16.8 Å². The number of methoxy groups -OCH3 is 1. The van der Waals surface area contributed by atoms with Crippen LogP contribution in [-0.4, -0.2) is 26.2 Å². The van der Waals surface area contributed by atoms with E-state index >= 15 is 0 Å². The largest absolute Gasteiger partial charge is 0.385 e. The zero-order valence-corrected chi connectivity index (χ0v) is 8.39. The first-order chi connectivity index (χ1) is 6.34. The van der Waals surface area contributed by atoms with Gasteiger partial charge in [-0.05, 0) is 17.9 Å². The molecule has 3 nitrogen and oxygen atoms in total. The Bertz CT molecular complexity index is 246. The predicted octanol–water partition coefficient (Wildman–Crippen LogP) is 1.51. The Balaban J connectivity index is 2.19. The topological polar surface area (TPSA) is 38.3 Å². The van der Waals surface area contributed by atoms with Gasteiger partial charge < -0.3 is 10.1 Å². The van der Waals surface area contributed by atoms with E-state index in [1.807, 2.05) is 16.8 Å². The maximum atomic E-state index is 11.3. The second-order valence-electron chi connectivity index (χ2n) is 2.61. The molecule has 0 saturated heterocycles. The molecule has 0 aromatic carbocycles. The maximum absolute atomic E-state index is 11.3. The van der Waals surface area contributed by atoms with E-state index in [2.05, 4.69) is 5.32 Å². The van der Waals surface area contributed by atoms with Gasteiger partial charge in [0.15, 0.2) is 0 Å². The molecule has 0 aliphatic rings. The van der Waals surface area contributed by atoms with Crippen molar-refractivity contribution in [3.05, 3.63) is 22.4 Å². The highest BCUT2D eigenvalue weighted by molar-refractivity contribution is 7.08. The zero-order chi connectivity index (χ0) is 9.52. The second-order valence-corrected chi connectivity index (χ2v) is 3.39. The van der Waals surface area contributed by atoms with Crippen molar-refractivity contribution in [2.45, 2.75) is 6.42 Å². The van der Waals surface area contributed by atoms with E-state index in [9.17, 15) is 4.79 Å². The minimum absolute atomic E-state index is 0.00245. The number of carbonyl (C=O) groups excluding carboxylic acids is 1. The van der Waals surface area contributed by atoms with Gasteiger partial charge in [0, 0.05) is 31.2 Å². The number of hydrogen-bond donors (Lipinski definition) is 1. The summed E-state index contributed by atoms with van der Waals surface area (Å²) in [6.45, 7) is 1.35. The average Bonchev–Trinajstić information content (AvgIpc) is 2.65. The molecule has 1 aromatic heterocycles. The molecular formula is C9H13NO2S. The third kappa shape index (κ3) is 3.57. The van der Waals surface area contributed by atoms with Gasteiger partial charge in [0.05, 0.1) is 0 Å². The maximum Gasteiger partial charge on any atom is 0.252 e. The molecule has 72 valence electrons. The number of carbonyl (C=O) groups is 1. The Kier molecular flexibility index (Phi) is 4.49. The lowest BCUT2D eigenvalue weighted by Crippen LogP contribution is -2.24. The van der Waals surface area contributed by atoms with Gasteiger partial charge in [-0.25, -0.2) is 0 Å². The highest BCUT2D eigenvalue weighted by Crippen LogP contribution is 2.04. The van der Waals surface area contributed by atoms with Crippen LogP contribution in [0.4, 0.5) is 0 Å². The summed E-state index contributed by atoms with van der Waals surface area (Å²) >= 11 is 1.53. The van der Waals surface area contributed by atoms with E-state index in [-0.39, 0.29) is 5.91 Å². The summed E-state index contributed by atoms with van der Waals surface area (Å²) in [6.07, 6.45) is 0.854. The van der Waals surface area contributed by atoms with Crippen LogP contribution in [0, 0.1) is 0 Å². The fourth-order valence-electron chi connectivity index (χ4n) is 0.914. The lowest BCUT2D eigenvalue weighted by Gasteiger charge is -2.02. The summed E-state index contributed by atoms with van der Waals surface area (Å²) in [7, 11) is 1.65. The molecule has 1 heterocycles. The van der Waals surface area contributed by atoms with Crippen molar-refractivity contribution in [2.75, 3.05) is 20.3 Å². The van der Waals surface area contributed by atoms with Gasteiger partial charge in [0.25, 0.3) is 5.91 Å². The zero-order valence-electron chi connectivity index (χ0n) is 7.58. The molecule has 0 atom stereocenters.